The Hall–Kier alpha value is -3.98. The molecule has 0 aliphatic heterocycles. The van der Waals surface area contributed by atoms with Crippen LogP contribution >= 0.6 is 12.2 Å². The number of thiocarbonyl (C=S) groups is 1. The fourth-order valence-corrected chi connectivity index (χ4v) is 2.62. The van der Waals surface area contributed by atoms with Crippen LogP contribution < -0.4 is 25.6 Å². The number of nitrogens with one attached hydrogen (secondary N) is 3. The molecule has 0 atom stereocenters. The number of hydrazine groups is 1. The molecule has 0 spiro atoms. The number of benzene rings is 3. The van der Waals surface area contributed by atoms with E-state index in [9.17, 15) is 14.0 Å². The molecule has 0 unspecified atom stereocenters. The standard InChI is InChI=1S/C22H18FN3O4S/c1-29-16-10-7-14(8-11-16)20(27)24-22(31)26-25-21(28)15-9-12-18(23)19(13-15)30-17-5-3-2-4-6-17/h2-13H,1H3,(H,25,28)(H2,24,26,27,31). The zero-order valence-electron chi connectivity index (χ0n) is 16.3. The maximum absolute atomic E-state index is 14.0. The Morgan fingerprint density at radius 1 is 0.839 bits per heavy atom. The van der Waals surface area contributed by atoms with E-state index in [1.807, 2.05) is 0 Å². The molecule has 7 nitrogen and oxygen atoms in total. The molecule has 0 fully saturated rings. The summed E-state index contributed by atoms with van der Waals surface area (Å²) in [6.45, 7) is 0. The number of hydrogen-bond donors (Lipinski definition) is 3. The van der Waals surface area contributed by atoms with E-state index < -0.39 is 17.6 Å². The van der Waals surface area contributed by atoms with Crippen LogP contribution in [0.2, 0.25) is 0 Å². The number of amides is 2. The Morgan fingerprint density at radius 2 is 1.52 bits per heavy atom. The van der Waals surface area contributed by atoms with Gasteiger partial charge in [-0.1, -0.05) is 18.2 Å². The molecule has 3 rings (SSSR count). The van der Waals surface area contributed by atoms with Crippen LogP contribution in [0.4, 0.5) is 4.39 Å². The Bertz CT molecular complexity index is 1090. The van der Waals surface area contributed by atoms with Gasteiger partial charge in [0.25, 0.3) is 11.8 Å². The van der Waals surface area contributed by atoms with Crippen molar-refractivity contribution in [3.05, 3.63) is 89.7 Å². The third kappa shape index (κ3) is 6.00. The molecular weight excluding hydrogens is 421 g/mol. The van der Waals surface area contributed by atoms with E-state index in [1.165, 1.54) is 19.2 Å². The molecule has 0 saturated heterocycles. The molecule has 0 bridgehead atoms. The number of carbonyl (C=O) groups excluding carboxylic acids is 2. The maximum atomic E-state index is 14.0. The first kappa shape index (κ1) is 21.7. The van der Waals surface area contributed by atoms with Crippen LogP contribution in [0.25, 0.3) is 0 Å². The van der Waals surface area contributed by atoms with Gasteiger partial charge in [0.05, 0.1) is 7.11 Å². The molecule has 9 heteroatoms. The van der Waals surface area contributed by atoms with Crippen molar-refractivity contribution in [2.24, 2.45) is 0 Å². The van der Waals surface area contributed by atoms with Crippen LogP contribution in [0.5, 0.6) is 17.2 Å². The number of methoxy groups -OCH3 is 1. The highest BCUT2D eigenvalue weighted by atomic mass is 32.1. The zero-order chi connectivity index (χ0) is 22.2. The van der Waals surface area contributed by atoms with Crippen molar-refractivity contribution in [1.29, 1.82) is 0 Å². The van der Waals surface area contributed by atoms with E-state index in [-0.39, 0.29) is 16.4 Å². The summed E-state index contributed by atoms with van der Waals surface area (Å²) in [6, 6.07) is 18.7. The molecule has 2 amide bonds. The van der Waals surface area contributed by atoms with Crippen molar-refractivity contribution in [1.82, 2.24) is 16.2 Å². The van der Waals surface area contributed by atoms with Gasteiger partial charge in [-0.25, -0.2) is 4.39 Å². The van der Waals surface area contributed by atoms with E-state index in [1.54, 1.807) is 54.6 Å². The fourth-order valence-electron chi connectivity index (χ4n) is 2.47. The maximum Gasteiger partial charge on any atom is 0.269 e. The monoisotopic (exact) mass is 439 g/mol. The van der Waals surface area contributed by atoms with Gasteiger partial charge < -0.3 is 9.47 Å². The van der Waals surface area contributed by atoms with Crippen LogP contribution in [0, 0.1) is 5.82 Å². The minimum absolute atomic E-state index is 0.103. The SMILES string of the molecule is COc1ccc(C(=O)NC(=S)NNC(=O)c2ccc(F)c(Oc3ccccc3)c2)cc1. The molecule has 0 aliphatic rings. The van der Waals surface area contributed by atoms with Gasteiger partial charge in [0.15, 0.2) is 16.7 Å². The highest BCUT2D eigenvalue weighted by Crippen LogP contribution is 2.25. The quantitative estimate of drug-likeness (QED) is 0.416. The first-order valence-corrected chi connectivity index (χ1v) is 9.45. The molecule has 31 heavy (non-hydrogen) atoms. The minimum Gasteiger partial charge on any atom is -0.497 e. The predicted molar refractivity (Wildman–Crippen MR) is 117 cm³/mol. The van der Waals surface area contributed by atoms with Gasteiger partial charge in [-0.3, -0.25) is 25.8 Å². The highest BCUT2D eigenvalue weighted by Gasteiger charge is 2.13. The molecule has 0 aromatic heterocycles. The molecule has 0 aliphatic carbocycles. The van der Waals surface area contributed by atoms with Gasteiger partial charge >= 0.3 is 0 Å². The number of para-hydroxylation sites is 1. The summed E-state index contributed by atoms with van der Waals surface area (Å²) in [5.74, 6) is -0.738. The van der Waals surface area contributed by atoms with E-state index in [0.29, 0.717) is 17.1 Å². The number of carbonyl (C=O) groups is 2. The van der Waals surface area contributed by atoms with Crippen LogP contribution in [0.1, 0.15) is 20.7 Å². The van der Waals surface area contributed by atoms with E-state index in [2.05, 4.69) is 16.2 Å². The van der Waals surface area contributed by atoms with Crippen molar-refractivity contribution in [2.45, 2.75) is 0 Å². The molecule has 0 saturated carbocycles. The number of ether oxygens (including phenoxy) is 2. The molecule has 3 N–H and O–H groups in total. The number of rotatable bonds is 5. The van der Waals surface area contributed by atoms with Gasteiger partial charge in [-0.15, -0.1) is 0 Å². The molecule has 3 aromatic carbocycles. The third-order valence-electron chi connectivity index (χ3n) is 4.03. The lowest BCUT2D eigenvalue weighted by atomic mass is 10.2. The first-order chi connectivity index (χ1) is 15.0. The summed E-state index contributed by atoms with van der Waals surface area (Å²) in [6.07, 6.45) is 0. The number of hydrogen-bond acceptors (Lipinski definition) is 5. The summed E-state index contributed by atoms with van der Waals surface area (Å²) in [4.78, 5) is 24.5. The summed E-state index contributed by atoms with van der Waals surface area (Å²) in [5, 5.41) is 2.32. The topological polar surface area (TPSA) is 88.7 Å². The van der Waals surface area contributed by atoms with Gasteiger partial charge in [-0.2, -0.15) is 0 Å². The van der Waals surface area contributed by atoms with Crippen LogP contribution in [0.15, 0.2) is 72.8 Å². The van der Waals surface area contributed by atoms with E-state index >= 15 is 0 Å². The minimum atomic E-state index is -0.615. The Balaban J connectivity index is 1.56. The van der Waals surface area contributed by atoms with E-state index in [4.69, 9.17) is 21.7 Å². The van der Waals surface area contributed by atoms with Gasteiger partial charge in [-0.05, 0) is 66.8 Å². The van der Waals surface area contributed by atoms with Gasteiger partial charge in [0.2, 0.25) is 0 Å². The molecular formula is C22H18FN3O4S. The lowest BCUT2D eigenvalue weighted by Crippen LogP contribution is -2.48. The Labute approximate surface area is 183 Å². The average molecular weight is 439 g/mol. The van der Waals surface area contributed by atoms with Crippen molar-refractivity contribution in [3.8, 4) is 17.2 Å². The van der Waals surface area contributed by atoms with Crippen molar-refractivity contribution in [3.63, 3.8) is 0 Å². The average Bonchev–Trinajstić information content (AvgIpc) is 2.79. The summed E-state index contributed by atoms with van der Waals surface area (Å²) >= 11 is 5.01. The highest BCUT2D eigenvalue weighted by molar-refractivity contribution is 7.80. The fraction of sp³-hybridized carbons (Fsp3) is 0.0455. The Morgan fingerprint density at radius 3 is 2.19 bits per heavy atom. The van der Waals surface area contributed by atoms with Crippen molar-refractivity contribution < 1.29 is 23.5 Å². The third-order valence-corrected chi connectivity index (χ3v) is 4.24. The number of halogens is 1. The van der Waals surface area contributed by atoms with Crippen LogP contribution in [-0.4, -0.2) is 24.0 Å². The predicted octanol–water partition coefficient (Wildman–Crippen LogP) is 3.58. The normalized spacial score (nSPS) is 10.0. The second kappa shape index (κ2) is 10.2. The summed E-state index contributed by atoms with van der Waals surface area (Å²) < 4.78 is 24.5. The lowest BCUT2D eigenvalue weighted by Gasteiger charge is -2.12. The van der Waals surface area contributed by atoms with Crippen LogP contribution in [-0.2, 0) is 0 Å². The van der Waals surface area contributed by atoms with E-state index in [0.717, 1.165) is 6.07 Å². The van der Waals surface area contributed by atoms with Crippen molar-refractivity contribution >= 4 is 29.1 Å². The van der Waals surface area contributed by atoms with Gasteiger partial charge in [0.1, 0.15) is 11.5 Å². The molecule has 0 radical (unpaired) electrons. The Kier molecular flexibility index (Phi) is 7.13. The first-order valence-electron chi connectivity index (χ1n) is 9.04. The lowest BCUT2D eigenvalue weighted by molar-refractivity contribution is 0.0934. The molecule has 0 heterocycles. The van der Waals surface area contributed by atoms with Crippen LogP contribution in [0.3, 0.4) is 0 Å². The molecule has 158 valence electrons. The second-order valence-corrected chi connectivity index (χ2v) is 6.56. The summed E-state index contributed by atoms with van der Waals surface area (Å²) in [7, 11) is 1.52. The second-order valence-electron chi connectivity index (χ2n) is 6.15. The summed E-state index contributed by atoms with van der Waals surface area (Å²) in [5.41, 5.74) is 5.26. The zero-order valence-corrected chi connectivity index (χ0v) is 17.2. The smallest absolute Gasteiger partial charge is 0.269 e. The van der Waals surface area contributed by atoms with Crippen molar-refractivity contribution in [2.75, 3.05) is 7.11 Å². The van der Waals surface area contributed by atoms with Gasteiger partial charge in [0, 0.05) is 11.1 Å². The molecule has 3 aromatic rings. The largest absolute Gasteiger partial charge is 0.497 e.